The first-order chi connectivity index (χ1) is 13.0. The van der Waals surface area contributed by atoms with Crippen LogP contribution in [0.2, 0.25) is 0 Å². The van der Waals surface area contributed by atoms with Crippen molar-refractivity contribution in [3.63, 3.8) is 0 Å². The summed E-state index contributed by atoms with van der Waals surface area (Å²) in [5.41, 5.74) is 3.04. The van der Waals surface area contributed by atoms with E-state index in [2.05, 4.69) is 30.2 Å². The average molecular weight is 383 g/mol. The molecule has 0 aliphatic carbocycles. The normalized spacial score (nSPS) is 19.1. The Morgan fingerprint density at radius 2 is 2.11 bits per heavy atom. The third-order valence-electron chi connectivity index (χ3n) is 4.89. The zero-order valence-electron chi connectivity index (χ0n) is 14.5. The van der Waals surface area contributed by atoms with Crippen LogP contribution in [0.1, 0.15) is 18.2 Å². The molecule has 4 aromatic heterocycles. The van der Waals surface area contributed by atoms with Gasteiger partial charge in [-0.3, -0.25) is 5.10 Å². The van der Waals surface area contributed by atoms with E-state index >= 15 is 0 Å². The molecule has 138 valence electrons. The highest BCUT2D eigenvalue weighted by molar-refractivity contribution is 7.91. The number of hydrogen-bond donors (Lipinski definition) is 2. The first-order valence-corrected chi connectivity index (χ1v) is 10.4. The smallest absolute Gasteiger partial charge is 0.185 e. The molecule has 0 saturated carbocycles. The number of nitrogens with one attached hydrogen (secondary N) is 2. The molecule has 0 bridgehead atoms. The minimum Gasteiger partial charge on any atom is -0.346 e. The Morgan fingerprint density at radius 3 is 2.85 bits per heavy atom. The van der Waals surface area contributed by atoms with Crippen molar-refractivity contribution in [3.8, 4) is 22.9 Å². The van der Waals surface area contributed by atoms with Crippen molar-refractivity contribution in [1.29, 1.82) is 0 Å². The molecule has 2 N–H and O–H groups in total. The van der Waals surface area contributed by atoms with Crippen LogP contribution in [0.25, 0.3) is 33.9 Å². The number of aryl methyl sites for hydroxylation is 1. The van der Waals surface area contributed by atoms with Gasteiger partial charge in [-0.05, 0) is 31.5 Å². The molecule has 1 unspecified atom stereocenters. The highest BCUT2D eigenvalue weighted by Gasteiger charge is 2.32. The number of hydrogen-bond acceptors (Lipinski definition) is 6. The van der Waals surface area contributed by atoms with Crippen LogP contribution >= 0.6 is 0 Å². The van der Waals surface area contributed by atoms with Crippen LogP contribution in [-0.4, -0.2) is 54.9 Å². The standard InChI is InChI=1S/C17H17N7O2S/c1-10-13(8-19-22-10)16-21-17(14-3-2-11-4-6-18-15(11)20-14)24(23-16)12-5-7-27(25,26)9-12/h2-4,6,8,12H,5,7,9H2,1H3,(H,18,20)(H,19,22). The van der Waals surface area contributed by atoms with E-state index in [1.807, 2.05) is 31.3 Å². The van der Waals surface area contributed by atoms with Crippen LogP contribution < -0.4 is 0 Å². The summed E-state index contributed by atoms with van der Waals surface area (Å²) >= 11 is 0. The van der Waals surface area contributed by atoms with Gasteiger partial charge in [-0.1, -0.05) is 0 Å². The van der Waals surface area contributed by atoms with Gasteiger partial charge in [-0.2, -0.15) is 5.10 Å². The molecular weight excluding hydrogens is 366 g/mol. The Labute approximate surface area is 154 Å². The molecule has 0 radical (unpaired) electrons. The van der Waals surface area contributed by atoms with Gasteiger partial charge in [0.2, 0.25) is 0 Å². The van der Waals surface area contributed by atoms with E-state index in [1.54, 1.807) is 10.9 Å². The van der Waals surface area contributed by atoms with Crippen molar-refractivity contribution < 1.29 is 8.42 Å². The molecule has 0 amide bonds. The lowest BCUT2D eigenvalue weighted by molar-refractivity contribution is 0.504. The highest BCUT2D eigenvalue weighted by Crippen LogP contribution is 2.30. The third-order valence-corrected chi connectivity index (χ3v) is 6.65. The predicted octanol–water partition coefficient (Wildman–Crippen LogP) is 1.88. The first-order valence-electron chi connectivity index (χ1n) is 8.62. The summed E-state index contributed by atoms with van der Waals surface area (Å²) in [6.07, 6.45) is 4.02. The second kappa shape index (κ2) is 5.74. The Balaban J connectivity index is 1.68. The predicted molar refractivity (Wildman–Crippen MR) is 99.7 cm³/mol. The third kappa shape index (κ3) is 2.72. The van der Waals surface area contributed by atoms with Gasteiger partial charge in [0.1, 0.15) is 11.3 Å². The van der Waals surface area contributed by atoms with Gasteiger partial charge in [-0.25, -0.2) is 23.1 Å². The van der Waals surface area contributed by atoms with Crippen molar-refractivity contribution in [2.24, 2.45) is 0 Å². The topological polar surface area (TPSA) is 122 Å². The molecule has 10 heteroatoms. The quantitative estimate of drug-likeness (QED) is 0.557. The van der Waals surface area contributed by atoms with Crippen molar-refractivity contribution in [3.05, 3.63) is 36.3 Å². The molecule has 0 aromatic carbocycles. The fourth-order valence-corrected chi connectivity index (χ4v) is 5.16. The molecule has 27 heavy (non-hydrogen) atoms. The van der Waals surface area contributed by atoms with E-state index in [-0.39, 0.29) is 17.5 Å². The van der Waals surface area contributed by atoms with Crippen LogP contribution in [0, 0.1) is 6.92 Å². The Kier molecular flexibility index (Phi) is 3.44. The Morgan fingerprint density at radius 1 is 1.22 bits per heavy atom. The van der Waals surface area contributed by atoms with E-state index in [9.17, 15) is 8.42 Å². The molecule has 5 heterocycles. The van der Waals surface area contributed by atoms with Gasteiger partial charge in [0.25, 0.3) is 0 Å². The van der Waals surface area contributed by atoms with E-state index in [4.69, 9.17) is 0 Å². The molecule has 1 aliphatic rings. The number of H-pyrrole nitrogens is 2. The molecule has 4 aromatic rings. The summed E-state index contributed by atoms with van der Waals surface area (Å²) in [4.78, 5) is 12.4. The van der Waals surface area contributed by atoms with Crippen LogP contribution in [-0.2, 0) is 9.84 Å². The number of aromatic nitrogens is 7. The second-order valence-corrected chi connectivity index (χ2v) is 9.01. The molecule has 0 spiro atoms. The van der Waals surface area contributed by atoms with Gasteiger partial charge in [0.05, 0.1) is 29.3 Å². The summed E-state index contributed by atoms with van der Waals surface area (Å²) in [7, 11) is -3.05. The second-order valence-electron chi connectivity index (χ2n) is 6.78. The summed E-state index contributed by atoms with van der Waals surface area (Å²) in [5.74, 6) is 1.30. The van der Waals surface area contributed by atoms with Crippen LogP contribution in [0.3, 0.4) is 0 Å². The number of aromatic amines is 2. The summed E-state index contributed by atoms with van der Waals surface area (Å²) < 4.78 is 25.7. The van der Waals surface area contributed by atoms with Gasteiger partial charge in [0.15, 0.2) is 21.5 Å². The van der Waals surface area contributed by atoms with Crippen LogP contribution in [0.5, 0.6) is 0 Å². The lowest BCUT2D eigenvalue weighted by Gasteiger charge is -2.11. The number of pyridine rings is 1. The Bertz CT molecular complexity index is 1250. The van der Waals surface area contributed by atoms with Crippen molar-refractivity contribution in [2.75, 3.05) is 11.5 Å². The molecule has 1 aliphatic heterocycles. The molecule has 1 fully saturated rings. The van der Waals surface area contributed by atoms with Gasteiger partial charge in [-0.15, -0.1) is 5.10 Å². The van der Waals surface area contributed by atoms with E-state index < -0.39 is 9.84 Å². The number of sulfone groups is 1. The SMILES string of the molecule is Cc1[nH]ncc1-c1nc(-c2ccc3cc[nH]c3n2)n(C2CCS(=O)(=O)C2)n1. The lowest BCUT2D eigenvalue weighted by atomic mass is 10.2. The first kappa shape index (κ1) is 16.2. The molecular formula is C17H17N7O2S. The number of fused-ring (bicyclic) bond motifs is 1. The maximum absolute atomic E-state index is 12.0. The van der Waals surface area contributed by atoms with Crippen molar-refractivity contribution in [2.45, 2.75) is 19.4 Å². The van der Waals surface area contributed by atoms with Crippen LogP contribution in [0.15, 0.2) is 30.6 Å². The molecule has 1 saturated heterocycles. The van der Waals surface area contributed by atoms with Gasteiger partial charge in [0, 0.05) is 17.3 Å². The van der Waals surface area contributed by atoms with Crippen molar-refractivity contribution in [1.82, 2.24) is 34.9 Å². The molecule has 5 rings (SSSR count). The van der Waals surface area contributed by atoms with Crippen molar-refractivity contribution >= 4 is 20.9 Å². The van der Waals surface area contributed by atoms with Crippen LogP contribution in [0.4, 0.5) is 0 Å². The highest BCUT2D eigenvalue weighted by atomic mass is 32.2. The number of rotatable bonds is 3. The lowest BCUT2D eigenvalue weighted by Crippen LogP contribution is -2.14. The summed E-state index contributed by atoms with van der Waals surface area (Å²) in [6, 6.07) is 5.54. The molecule has 9 nitrogen and oxygen atoms in total. The summed E-state index contributed by atoms with van der Waals surface area (Å²) in [5, 5.41) is 12.6. The average Bonchev–Trinajstić information content (AvgIpc) is 3.39. The zero-order chi connectivity index (χ0) is 18.6. The monoisotopic (exact) mass is 383 g/mol. The molecule has 1 atom stereocenters. The van der Waals surface area contributed by atoms with E-state index in [0.717, 1.165) is 22.3 Å². The number of nitrogens with zero attached hydrogens (tertiary/aromatic N) is 5. The minimum atomic E-state index is -3.05. The zero-order valence-corrected chi connectivity index (χ0v) is 15.4. The maximum atomic E-state index is 12.0. The van der Waals surface area contributed by atoms with Gasteiger partial charge >= 0.3 is 0 Å². The van der Waals surface area contributed by atoms with E-state index in [1.165, 1.54) is 0 Å². The van der Waals surface area contributed by atoms with E-state index in [0.29, 0.717) is 23.8 Å². The fourth-order valence-electron chi connectivity index (χ4n) is 3.47. The largest absolute Gasteiger partial charge is 0.346 e. The Hall–Kier alpha value is -3.01. The summed E-state index contributed by atoms with van der Waals surface area (Å²) in [6.45, 7) is 1.89. The minimum absolute atomic E-state index is 0.0674. The van der Waals surface area contributed by atoms with Gasteiger partial charge < -0.3 is 4.98 Å². The maximum Gasteiger partial charge on any atom is 0.185 e. The fraction of sp³-hybridized carbons (Fsp3) is 0.294.